The van der Waals surface area contributed by atoms with Crippen molar-refractivity contribution in [2.45, 2.75) is 50.4 Å². The zero-order valence-electron chi connectivity index (χ0n) is 10.7. The molecule has 0 aromatic heterocycles. The number of hydrogen-bond donors (Lipinski definition) is 2. The molecule has 0 aliphatic heterocycles. The number of fused-ring (bicyclic) bond motifs is 1. The molecule has 0 saturated heterocycles. The van der Waals surface area contributed by atoms with Crippen molar-refractivity contribution >= 4 is 17.6 Å². The molecule has 1 aromatic rings. The molecule has 2 N–H and O–H groups in total. The van der Waals surface area contributed by atoms with Crippen LogP contribution in [0.25, 0.3) is 0 Å². The molecule has 1 fully saturated rings. The van der Waals surface area contributed by atoms with Crippen LogP contribution in [0.5, 0.6) is 5.75 Å². The minimum absolute atomic E-state index is 0.00980. The third-order valence-corrected chi connectivity index (χ3v) is 4.96. The highest BCUT2D eigenvalue weighted by Gasteiger charge is 2.49. The predicted octanol–water partition coefficient (Wildman–Crippen LogP) is 3.43. The number of aromatic hydroxyl groups is 1. The zero-order chi connectivity index (χ0) is 13.6. The van der Waals surface area contributed by atoms with Gasteiger partial charge in [-0.05, 0) is 55.7 Å². The smallest absolute Gasteiger partial charge is 0.314 e. The molecule has 0 radical (unpaired) electrons. The molecule has 102 valence electrons. The molecular formula is C15H17ClO3. The third kappa shape index (κ3) is 1.75. The van der Waals surface area contributed by atoms with Crippen molar-refractivity contribution in [3.8, 4) is 5.75 Å². The lowest BCUT2D eigenvalue weighted by molar-refractivity contribution is -0.147. The van der Waals surface area contributed by atoms with Gasteiger partial charge in [-0.2, -0.15) is 0 Å². The average molecular weight is 281 g/mol. The normalized spacial score (nSPS) is 20.5. The predicted molar refractivity (Wildman–Crippen MR) is 72.9 cm³/mol. The second kappa shape index (κ2) is 4.41. The van der Waals surface area contributed by atoms with Crippen molar-refractivity contribution in [1.29, 1.82) is 0 Å². The van der Waals surface area contributed by atoms with E-state index in [1.807, 2.05) is 6.07 Å². The Morgan fingerprint density at radius 1 is 1.21 bits per heavy atom. The largest absolute Gasteiger partial charge is 0.506 e. The summed E-state index contributed by atoms with van der Waals surface area (Å²) in [6.45, 7) is 0. The van der Waals surface area contributed by atoms with Crippen molar-refractivity contribution in [1.82, 2.24) is 0 Å². The van der Waals surface area contributed by atoms with Crippen molar-refractivity contribution in [3.05, 3.63) is 27.8 Å². The molecule has 1 aromatic carbocycles. The SMILES string of the molecule is O=C(O)C1(c2c(O)c(Cl)cc3c2CCCC3)CCC1. The van der Waals surface area contributed by atoms with Crippen LogP contribution in [-0.2, 0) is 23.1 Å². The molecule has 2 aliphatic carbocycles. The van der Waals surface area contributed by atoms with Gasteiger partial charge in [-0.3, -0.25) is 4.79 Å². The van der Waals surface area contributed by atoms with E-state index in [9.17, 15) is 15.0 Å². The van der Waals surface area contributed by atoms with E-state index in [2.05, 4.69) is 0 Å². The Hall–Kier alpha value is -1.22. The van der Waals surface area contributed by atoms with Crippen LogP contribution in [0.15, 0.2) is 6.07 Å². The van der Waals surface area contributed by atoms with Crippen molar-refractivity contribution in [3.63, 3.8) is 0 Å². The van der Waals surface area contributed by atoms with E-state index >= 15 is 0 Å². The van der Waals surface area contributed by atoms with Crippen LogP contribution in [0, 0.1) is 0 Å². The van der Waals surface area contributed by atoms with Crippen molar-refractivity contribution in [2.24, 2.45) is 0 Å². The molecule has 4 heteroatoms. The van der Waals surface area contributed by atoms with Gasteiger partial charge in [-0.15, -0.1) is 0 Å². The van der Waals surface area contributed by atoms with E-state index in [0.717, 1.165) is 43.2 Å². The lowest BCUT2D eigenvalue weighted by Crippen LogP contribution is -2.43. The highest BCUT2D eigenvalue weighted by Crippen LogP contribution is 2.52. The Balaban J connectivity index is 2.24. The maximum absolute atomic E-state index is 11.7. The summed E-state index contributed by atoms with van der Waals surface area (Å²) in [6.07, 6.45) is 6.03. The molecule has 0 atom stereocenters. The Kier molecular flexibility index (Phi) is 2.97. The molecular weight excluding hydrogens is 264 g/mol. The van der Waals surface area contributed by atoms with Crippen molar-refractivity contribution < 1.29 is 15.0 Å². The maximum Gasteiger partial charge on any atom is 0.314 e. The first-order valence-electron chi connectivity index (χ1n) is 6.83. The summed E-state index contributed by atoms with van der Waals surface area (Å²) < 4.78 is 0. The van der Waals surface area contributed by atoms with Crippen molar-refractivity contribution in [2.75, 3.05) is 0 Å². The van der Waals surface area contributed by atoms with Crippen LogP contribution in [0.3, 0.4) is 0 Å². The van der Waals surface area contributed by atoms with E-state index in [1.54, 1.807) is 0 Å². The highest BCUT2D eigenvalue weighted by molar-refractivity contribution is 6.32. The standard InChI is InChI=1S/C15H17ClO3/c16-11-8-9-4-1-2-5-10(9)12(13(11)17)15(14(18)19)6-3-7-15/h8,17H,1-7H2,(H,18,19). The van der Waals surface area contributed by atoms with E-state index in [1.165, 1.54) is 0 Å². The van der Waals surface area contributed by atoms with Gasteiger partial charge in [0.1, 0.15) is 5.75 Å². The average Bonchev–Trinajstić information content (AvgIpc) is 2.32. The highest BCUT2D eigenvalue weighted by atomic mass is 35.5. The number of aliphatic carboxylic acids is 1. The summed E-state index contributed by atoms with van der Waals surface area (Å²) in [5.41, 5.74) is 1.86. The maximum atomic E-state index is 11.7. The van der Waals surface area contributed by atoms with Gasteiger partial charge in [0, 0.05) is 5.56 Å². The number of halogens is 1. The number of carboxylic acid groups (broad SMARTS) is 1. The van der Waals surface area contributed by atoms with Gasteiger partial charge >= 0.3 is 5.97 Å². The van der Waals surface area contributed by atoms with Gasteiger partial charge in [-0.1, -0.05) is 18.0 Å². The second-order valence-electron chi connectivity index (χ2n) is 5.67. The monoisotopic (exact) mass is 280 g/mol. The quantitative estimate of drug-likeness (QED) is 0.872. The fourth-order valence-corrected chi connectivity index (χ4v) is 3.70. The lowest BCUT2D eigenvalue weighted by Gasteiger charge is -2.41. The summed E-state index contributed by atoms with van der Waals surface area (Å²) >= 11 is 6.10. The minimum atomic E-state index is -0.906. The molecule has 2 aliphatic rings. The number of hydrogen-bond acceptors (Lipinski definition) is 2. The first kappa shape index (κ1) is 12.8. The number of phenolic OH excluding ortho intramolecular Hbond substituents is 1. The van der Waals surface area contributed by atoms with Gasteiger partial charge in [0.2, 0.25) is 0 Å². The number of rotatable bonds is 2. The molecule has 19 heavy (non-hydrogen) atoms. The molecule has 0 spiro atoms. The Bertz CT molecular complexity index is 547. The van der Waals surface area contributed by atoms with Gasteiger partial charge in [0.25, 0.3) is 0 Å². The third-order valence-electron chi connectivity index (χ3n) is 4.67. The minimum Gasteiger partial charge on any atom is -0.506 e. The fraction of sp³-hybridized carbons (Fsp3) is 0.533. The van der Waals surface area contributed by atoms with Gasteiger partial charge in [0.05, 0.1) is 10.4 Å². The number of phenols is 1. The Labute approximate surface area is 117 Å². The number of carbonyl (C=O) groups is 1. The molecule has 0 amide bonds. The van der Waals surface area contributed by atoms with E-state index < -0.39 is 11.4 Å². The van der Waals surface area contributed by atoms with Gasteiger partial charge < -0.3 is 10.2 Å². The lowest BCUT2D eigenvalue weighted by atomic mass is 9.62. The van der Waals surface area contributed by atoms with Crippen LogP contribution in [-0.4, -0.2) is 16.2 Å². The van der Waals surface area contributed by atoms with Gasteiger partial charge in [0.15, 0.2) is 0 Å². The Morgan fingerprint density at radius 2 is 1.89 bits per heavy atom. The van der Waals surface area contributed by atoms with Crippen LogP contribution < -0.4 is 0 Å². The summed E-state index contributed by atoms with van der Waals surface area (Å²) in [5, 5.41) is 20.2. The van der Waals surface area contributed by atoms with Crippen LogP contribution in [0.4, 0.5) is 0 Å². The molecule has 1 saturated carbocycles. The van der Waals surface area contributed by atoms with E-state index in [-0.39, 0.29) is 5.75 Å². The van der Waals surface area contributed by atoms with E-state index in [0.29, 0.717) is 23.4 Å². The second-order valence-corrected chi connectivity index (χ2v) is 6.07. The summed E-state index contributed by atoms with van der Waals surface area (Å²) in [6, 6.07) is 1.81. The number of aryl methyl sites for hydroxylation is 1. The summed E-state index contributed by atoms with van der Waals surface area (Å²) in [5.74, 6) is -0.839. The molecule has 3 nitrogen and oxygen atoms in total. The molecule has 0 unspecified atom stereocenters. The number of benzene rings is 1. The topological polar surface area (TPSA) is 57.5 Å². The van der Waals surface area contributed by atoms with Gasteiger partial charge in [-0.25, -0.2) is 0 Å². The summed E-state index contributed by atoms with van der Waals surface area (Å²) in [4.78, 5) is 11.7. The molecule has 3 rings (SSSR count). The fourth-order valence-electron chi connectivity index (χ4n) is 3.47. The number of carboxylic acids is 1. The van der Waals surface area contributed by atoms with Crippen LogP contribution in [0.2, 0.25) is 5.02 Å². The van der Waals surface area contributed by atoms with Crippen LogP contribution >= 0.6 is 11.6 Å². The van der Waals surface area contributed by atoms with Crippen LogP contribution in [0.1, 0.15) is 48.8 Å². The zero-order valence-corrected chi connectivity index (χ0v) is 11.5. The molecule has 0 heterocycles. The summed E-state index contributed by atoms with van der Waals surface area (Å²) in [7, 11) is 0. The first-order chi connectivity index (χ1) is 9.06. The Morgan fingerprint density at radius 3 is 2.47 bits per heavy atom. The first-order valence-corrected chi connectivity index (χ1v) is 7.21. The van der Waals surface area contributed by atoms with E-state index in [4.69, 9.17) is 11.6 Å². The molecule has 0 bridgehead atoms.